The molecule has 0 saturated heterocycles. The Bertz CT molecular complexity index is 1260. The lowest BCUT2D eigenvalue weighted by Gasteiger charge is -2.31. The van der Waals surface area contributed by atoms with Gasteiger partial charge in [0.1, 0.15) is 16.5 Å². The van der Waals surface area contributed by atoms with Crippen molar-refractivity contribution >= 4 is 39.4 Å². The number of hydrogen-bond acceptors (Lipinski definition) is 4. The normalized spacial score (nSPS) is 11.6. The maximum atomic E-state index is 12.7. The lowest BCUT2D eigenvalue weighted by atomic mass is 10.0. The van der Waals surface area contributed by atoms with E-state index in [-0.39, 0.29) is 11.6 Å². The van der Waals surface area contributed by atoms with Crippen LogP contribution in [0.2, 0.25) is 38.3 Å². The molecule has 0 aliphatic carbocycles. The molecular weight excluding hydrogens is 501 g/mol. The van der Waals surface area contributed by atoms with Gasteiger partial charge in [-0.25, -0.2) is 0 Å². The molecule has 4 nitrogen and oxygen atoms in total. The van der Waals surface area contributed by atoms with Crippen LogP contribution >= 0.6 is 0 Å². The maximum Gasteiger partial charge on any atom is 0.193 e. The molecule has 194 valence electrons. The van der Waals surface area contributed by atoms with E-state index in [0.29, 0.717) is 22.3 Å². The van der Waals surface area contributed by atoms with Crippen LogP contribution in [0.5, 0.6) is 0 Å². The Labute approximate surface area is 228 Å². The Morgan fingerprint density at radius 2 is 0.763 bits per heavy atom. The van der Waals surface area contributed by atoms with Gasteiger partial charge in [0.05, 0.1) is 0 Å². The number of rotatable bonds is 11. The van der Waals surface area contributed by atoms with Crippen molar-refractivity contribution in [1.29, 1.82) is 0 Å². The van der Waals surface area contributed by atoms with Gasteiger partial charge < -0.3 is 9.96 Å². The standard InChI is InChI=1S/C32H36N2O2Si2/c1-37(2,33-29-19-15-27(16-20-29)31(35)25-11-7-5-8-12-25)23-24-38(3,4)34-30-21-17-28(18-22-30)32(36)26-13-9-6-10-14-26/h5-22,33-34H,23-24H2,1-4H3. The van der Waals surface area contributed by atoms with Crippen LogP contribution in [0.4, 0.5) is 11.4 Å². The lowest BCUT2D eigenvalue weighted by molar-refractivity contribution is 0.103. The van der Waals surface area contributed by atoms with E-state index in [4.69, 9.17) is 0 Å². The second kappa shape index (κ2) is 11.8. The van der Waals surface area contributed by atoms with Crippen molar-refractivity contribution in [3.8, 4) is 0 Å². The summed E-state index contributed by atoms with van der Waals surface area (Å²) >= 11 is 0. The monoisotopic (exact) mass is 536 g/mol. The molecule has 0 amide bonds. The average Bonchev–Trinajstić information content (AvgIpc) is 2.93. The summed E-state index contributed by atoms with van der Waals surface area (Å²) in [4.78, 5) is 32.9. The molecule has 0 fully saturated rings. The van der Waals surface area contributed by atoms with Crippen LogP contribution in [0.1, 0.15) is 31.8 Å². The predicted octanol–water partition coefficient (Wildman–Crippen LogP) is 8.08. The minimum absolute atomic E-state index is 0.0462. The minimum Gasteiger partial charge on any atom is -0.411 e. The Hall–Kier alpha value is -3.75. The van der Waals surface area contributed by atoms with Gasteiger partial charge in [0.15, 0.2) is 11.6 Å². The first-order chi connectivity index (χ1) is 18.1. The summed E-state index contributed by atoms with van der Waals surface area (Å²) in [5.41, 5.74) is 4.96. The highest BCUT2D eigenvalue weighted by Crippen LogP contribution is 2.25. The first kappa shape index (κ1) is 27.3. The first-order valence-corrected chi connectivity index (χ1v) is 19.5. The largest absolute Gasteiger partial charge is 0.411 e. The molecule has 4 rings (SSSR count). The van der Waals surface area contributed by atoms with Gasteiger partial charge in [-0.3, -0.25) is 9.59 Å². The highest BCUT2D eigenvalue weighted by atomic mass is 28.3. The summed E-state index contributed by atoms with van der Waals surface area (Å²) in [6, 6.07) is 36.8. The van der Waals surface area contributed by atoms with Crippen molar-refractivity contribution in [2.75, 3.05) is 9.96 Å². The van der Waals surface area contributed by atoms with E-state index in [0.717, 1.165) is 23.5 Å². The van der Waals surface area contributed by atoms with Crippen LogP contribution in [0.25, 0.3) is 0 Å². The topological polar surface area (TPSA) is 58.2 Å². The Morgan fingerprint density at radius 1 is 0.474 bits per heavy atom. The van der Waals surface area contributed by atoms with Gasteiger partial charge in [0, 0.05) is 33.6 Å². The van der Waals surface area contributed by atoms with Crippen LogP contribution in [0, 0.1) is 0 Å². The molecule has 0 unspecified atom stereocenters. The molecule has 0 aromatic heterocycles. The molecule has 0 heterocycles. The number of carbonyl (C=O) groups is 2. The molecule has 4 aromatic carbocycles. The molecule has 4 aromatic rings. The fourth-order valence-electron chi connectivity index (χ4n) is 4.45. The molecule has 38 heavy (non-hydrogen) atoms. The fraction of sp³-hybridized carbons (Fsp3) is 0.188. The van der Waals surface area contributed by atoms with Crippen LogP contribution in [-0.2, 0) is 0 Å². The fourth-order valence-corrected chi connectivity index (χ4v) is 11.6. The summed E-state index contributed by atoms with van der Waals surface area (Å²) in [5.74, 6) is 0.0925. The predicted molar refractivity (Wildman–Crippen MR) is 164 cm³/mol. The summed E-state index contributed by atoms with van der Waals surface area (Å²) in [6.07, 6.45) is 0. The van der Waals surface area contributed by atoms with E-state index >= 15 is 0 Å². The van der Waals surface area contributed by atoms with Crippen LogP contribution < -0.4 is 9.96 Å². The highest BCUT2D eigenvalue weighted by Gasteiger charge is 2.28. The van der Waals surface area contributed by atoms with Crippen molar-refractivity contribution in [2.24, 2.45) is 0 Å². The van der Waals surface area contributed by atoms with Crippen LogP contribution in [-0.4, -0.2) is 28.0 Å². The zero-order chi connectivity index (χ0) is 27.2. The van der Waals surface area contributed by atoms with Crippen LogP contribution in [0.15, 0.2) is 109 Å². The van der Waals surface area contributed by atoms with Gasteiger partial charge in [-0.1, -0.05) is 86.9 Å². The molecule has 0 atom stereocenters. The quantitative estimate of drug-likeness (QED) is 0.150. The highest BCUT2D eigenvalue weighted by molar-refractivity contribution is 6.85. The van der Waals surface area contributed by atoms with E-state index in [9.17, 15) is 9.59 Å². The first-order valence-electron chi connectivity index (χ1n) is 13.1. The van der Waals surface area contributed by atoms with Crippen molar-refractivity contribution in [2.45, 2.75) is 38.3 Å². The summed E-state index contributed by atoms with van der Waals surface area (Å²) in [7, 11) is -3.45. The molecule has 0 radical (unpaired) electrons. The number of anilines is 2. The molecule has 0 aliphatic rings. The molecule has 2 N–H and O–H groups in total. The second-order valence-electron chi connectivity index (χ2n) is 11.1. The molecule has 0 bridgehead atoms. The molecule has 0 saturated carbocycles. The summed E-state index contributed by atoms with van der Waals surface area (Å²) in [6.45, 7) is 9.41. The number of ketones is 2. The van der Waals surface area contributed by atoms with E-state index < -0.39 is 16.5 Å². The molecular formula is C32H36N2O2Si2. The van der Waals surface area contributed by atoms with Gasteiger partial charge in [-0.15, -0.1) is 0 Å². The Kier molecular flexibility index (Phi) is 8.44. The van der Waals surface area contributed by atoms with Gasteiger partial charge in [-0.2, -0.15) is 0 Å². The van der Waals surface area contributed by atoms with E-state index in [1.807, 2.05) is 109 Å². The zero-order valence-electron chi connectivity index (χ0n) is 22.6. The molecule has 6 heteroatoms. The Balaban J connectivity index is 1.31. The third kappa shape index (κ3) is 7.40. The third-order valence-electron chi connectivity index (χ3n) is 6.71. The Morgan fingerprint density at radius 3 is 1.08 bits per heavy atom. The minimum atomic E-state index is -1.73. The van der Waals surface area contributed by atoms with E-state index in [1.54, 1.807) is 0 Å². The van der Waals surface area contributed by atoms with E-state index in [1.165, 1.54) is 0 Å². The van der Waals surface area contributed by atoms with Gasteiger partial charge in [0.2, 0.25) is 0 Å². The van der Waals surface area contributed by atoms with Crippen molar-refractivity contribution in [3.05, 3.63) is 131 Å². The lowest BCUT2D eigenvalue weighted by Crippen LogP contribution is -2.43. The van der Waals surface area contributed by atoms with Crippen molar-refractivity contribution < 1.29 is 9.59 Å². The second-order valence-corrected chi connectivity index (χ2v) is 20.1. The molecule has 0 spiro atoms. The van der Waals surface area contributed by atoms with Crippen molar-refractivity contribution in [1.82, 2.24) is 0 Å². The zero-order valence-corrected chi connectivity index (χ0v) is 24.6. The number of nitrogens with one attached hydrogen (secondary N) is 2. The van der Waals surface area contributed by atoms with Gasteiger partial charge >= 0.3 is 0 Å². The van der Waals surface area contributed by atoms with Gasteiger partial charge in [-0.05, 0) is 60.6 Å². The van der Waals surface area contributed by atoms with Gasteiger partial charge in [0.25, 0.3) is 0 Å². The SMILES string of the molecule is C[Si](C)(CC[Si](C)(C)Nc1ccc(C(=O)c2ccccc2)cc1)Nc1ccc(C(=O)c2ccccc2)cc1. The number of benzene rings is 4. The third-order valence-corrected chi connectivity index (χ3v) is 12.1. The van der Waals surface area contributed by atoms with Crippen molar-refractivity contribution in [3.63, 3.8) is 0 Å². The van der Waals surface area contributed by atoms with E-state index in [2.05, 4.69) is 36.2 Å². The maximum absolute atomic E-state index is 12.7. The molecule has 0 aliphatic heterocycles. The summed E-state index contributed by atoms with van der Waals surface area (Å²) < 4.78 is 0. The summed E-state index contributed by atoms with van der Waals surface area (Å²) in [5, 5.41) is 0. The number of carbonyl (C=O) groups excluding carboxylic acids is 2. The average molecular weight is 537 g/mol. The van der Waals surface area contributed by atoms with Crippen LogP contribution in [0.3, 0.4) is 0 Å². The number of hydrogen-bond donors (Lipinski definition) is 2. The smallest absolute Gasteiger partial charge is 0.193 e.